The van der Waals surface area contributed by atoms with Crippen molar-refractivity contribution >= 4 is 17.2 Å². The molecule has 1 N–H and O–H groups in total. The van der Waals surface area contributed by atoms with Crippen LogP contribution in [0.3, 0.4) is 0 Å². The zero-order valence-electron chi connectivity index (χ0n) is 16.2. The number of nitrogens with one attached hydrogen (secondary N) is 1. The maximum absolute atomic E-state index is 12.7. The molecule has 0 radical (unpaired) electrons. The second-order valence-corrected chi connectivity index (χ2v) is 7.84. The van der Waals surface area contributed by atoms with E-state index in [2.05, 4.69) is 53.5 Å². The summed E-state index contributed by atoms with van der Waals surface area (Å²) in [6, 6.07) is 7.01. The first-order chi connectivity index (χ1) is 12.5. The predicted octanol–water partition coefficient (Wildman–Crippen LogP) is 2.44. The van der Waals surface area contributed by atoms with Gasteiger partial charge in [-0.3, -0.25) is 9.69 Å². The van der Waals surface area contributed by atoms with Gasteiger partial charge < -0.3 is 15.0 Å². The molecule has 2 unspecified atom stereocenters. The van der Waals surface area contributed by atoms with Crippen LogP contribution in [0.2, 0.25) is 0 Å². The molecule has 1 amide bonds. The second kappa shape index (κ2) is 6.71. The van der Waals surface area contributed by atoms with Gasteiger partial charge in [0.15, 0.2) is 0 Å². The van der Waals surface area contributed by atoms with Gasteiger partial charge in [0.1, 0.15) is 6.23 Å². The first-order valence-electron chi connectivity index (χ1n) is 9.68. The van der Waals surface area contributed by atoms with E-state index in [-0.39, 0.29) is 18.1 Å². The molecule has 2 heterocycles. The van der Waals surface area contributed by atoms with Crippen molar-refractivity contribution in [3.8, 4) is 0 Å². The lowest BCUT2D eigenvalue weighted by molar-refractivity contribution is -0.128. The van der Waals surface area contributed by atoms with Crippen LogP contribution in [-0.2, 0) is 9.53 Å². The largest absolute Gasteiger partial charge is 0.374 e. The maximum Gasteiger partial charge on any atom is 0.230 e. The molecule has 0 saturated heterocycles. The number of amides is 1. The van der Waals surface area contributed by atoms with E-state index in [0.717, 1.165) is 19.5 Å². The van der Waals surface area contributed by atoms with E-state index in [1.54, 1.807) is 0 Å². The van der Waals surface area contributed by atoms with Crippen molar-refractivity contribution in [3.05, 3.63) is 35.4 Å². The van der Waals surface area contributed by atoms with Crippen molar-refractivity contribution in [1.82, 2.24) is 10.2 Å². The third kappa shape index (κ3) is 2.83. The predicted molar refractivity (Wildman–Crippen MR) is 104 cm³/mol. The summed E-state index contributed by atoms with van der Waals surface area (Å²) < 4.78 is 5.47. The highest BCUT2D eigenvalue weighted by atomic mass is 16.5. The number of rotatable bonds is 4. The molecule has 1 aromatic carbocycles. The zero-order valence-corrected chi connectivity index (χ0v) is 16.2. The summed E-state index contributed by atoms with van der Waals surface area (Å²) in [5.41, 5.74) is 5.50. The molecule has 2 aliphatic heterocycles. The van der Waals surface area contributed by atoms with Gasteiger partial charge in [-0.05, 0) is 50.1 Å². The van der Waals surface area contributed by atoms with Crippen LogP contribution in [0.25, 0.3) is 5.57 Å². The molecule has 3 aliphatic rings. The van der Waals surface area contributed by atoms with Crippen molar-refractivity contribution < 1.29 is 9.53 Å². The molecule has 0 saturated carbocycles. The van der Waals surface area contributed by atoms with Crippen molar-refractivity contribution in [2.75, 3.05) is 38.7 Å². The van der Waals surface area contributed by atoms with Gasteiger partial charge in [-0.1, -0.05) is 18.2 Å². The number of anilines is 1. The SMILES string of the molecule is CCOC(C)NC(=O)[C@@H]1C=C2c3cccc4c3C(C[C@H]2N(C)C1)CN4C. The summed E-state index contributed by atoms with van der Waals surface area (Å²) in [4.78, 5) is 17.5. The Morgan fingerprint density at radius 1 is 1.35 bits per heavy atom. The molecular weight excluding hydrogens is 326 g/mol. The van der Waals surface area contributed by atoms with E-state index < -0.39 is 0 Å². The summed E-state index contributed by atoms with van der Waals surface area (Å²) in [7, 11) is 4.33. The third-order valence-corrected chi connectivity index (χ3v) is 6.07. The molecule has 140 valence electrons. The zero-order chi connectivity index (χ0) is 18.4. The number of nitrogens with zero attached hydrogens (tertiary/aromatic N) is 2. The summed E-state index contributed by atoms with van der Waals surface area (Å²) in [6.45, 7) is 6.28. The fraction of sp³-hybridized carbons (Fsp3) is 0.571. The summed E-state index contributed by atoms with van der Waals surface area (Å²) in [5.74, 6) is 0.510. The minimum Gasteiger partial charge on any atom is -0.374 e. The van der Waals surface area contributed by atoms with E-state index in [1.807, 2.05) is 13.8 Å². The van der Waals surface area contributed by atoms with Gasteiger partial charge in [0.2, 0.25) is 5.91 Å². The quantitative estimate of drug-likeness (QED) is 0.843. The normalized spacial score (nSPS) is 28.2. The fourth-order valence-electron chi connectivity index (χ4n) is 4.94. The van der Waals surface area contributed by atoms with E-state index in [0.29, 0.717) is 18.6 Å². The molecule has 26 heavy (non-hydrogen) atoms. The summed E-state index contributed by atoms with van der Waals surface area (Å²) in [6.07, 6.45) is 3.10. The van der Waals surface area contributed by atoms with Crippen LogP contribution in [0.5, 0.6) is 0 Å². The molecule has 5 nitrogen and oxygen atoms in total. The Kier molecular flexibility index (Phi) is 4.53. The fourth-order valence-corrected chi connectivity index (χ4v) is 4.94. The molecule has 0 bridgehead atoms. The second-order valence-electron chi connectivity index (χ2n) is 7.84. The molecule has 4 atom stereocenters. The van der Waals surface area contributed by atoms with Crippen LogP contribution >= 0.6 is 0 Å². The van der Waals surface area contributed by atoms with Crippen molar-refractivity contribution in [1.29, 1.82) is 0 Å². The summed E-state index contributed by atoms with van der Waals surface area (Å²) >= 11 is 0. The Balaban J connectivity index is 1.67. The molecular formula is C21H29N3O2. The highest BCUT2D eigenvalue weighted by molar-refractivity contribution is 5.87. The average molecular weight is 355 g/mol. The van der Waals surface area contributed by atoms with E-state index in [1.165, 1.54) is 22.4 Å². The van der Waals surface area contributed by atoms with Crippen LogP contribution in [0.15, 0.2) is 24.3 Å². The van der Waals surface area contributed by atoms with Crippen LogP contribution < -0.4 is 10.2 Å². The number of hydrogen-bond donors (Lipinski definition) is 1. The van der Waals surface area contributed by atoms with E-state index in [9.17, 15) is 4.79 Å². The van der Waals surface area contributed by atoms with Gasteiger partial charge in [0.05, 0.1) is 5.92 Å². The van der Waals surface area contributed by atoms with Gasteiger partial charge in [0, 0.05) is 44.4 Å². The first-order valence-corrected chi connectivity index (χ1v) is 9.68. The van der Waals surface area contributed by atoms with Crippen molar-refractivity contribution in [2.45, 2.75) is 38.5 Å². The van der Waals surface area contributed by atoms with Gasteiger partial charge in [-0.2, -0.15) is 0 Å². The average Bonchev–Trinajstić information content (AvgIpc) is 2.93. The number of ether oxygens (including phenoxy) is 1. The van der Waals surface area contributed by atoms with E-state index >= 15 is 0 Å². The Morgan fingerprint density at radius 2 is 2.15 bits per heavy atom. The lowest BCUT2D eigenvalue weighted by Gasteiger charge is -2.42. The highest BCUT2D eigenvalue weighted by Gasteiger charge is 2.41. The first kappa shape index (κ1) is 17.6. The van der Waals surface area contributed by atoms with Crippen LogP contribution in [0, 0.1) is 5.92 Å². The highest BCUT2D eigenvalue weighted by Crippen LogP contribution is 2.49. The van der Waals surface area contributed by atoms with Gasteiger partial charge in [-0.15, -0.1) is 0 Å². The van der Waals surface area contributed by atoms with Crippen LogP contribution in [0.1, 0.15) is 37.3 Å². The lowest BCUT2D eigenvalue weighted by atomic mass is 9.74. The van der Waals surface area contributed by atoms with Gasteiger partial charge in [-0.25, -0.2) is 0 Å². The minimum absolute atomic E-state index is 0.0515. The van der Waals surface area contributed by atoms with Gasteiger partial charge >= 0.3 is 0 Å². The Hall–Kier alpha value is -1.85. The molecule has 0 aromatic heterocycles. The van der Waals surface area contributed by atoms with Crippen LogP contribution in [0.4, 0.5) is 5.69 Å². The van der Waals surface area contributed by atoms with Crippen molar-refractivity contribution in [2.24, 2.45) is 5.92 Å². The molecule has 4 rings (SSSR count). The van der Waals surface area contributed by atoms with Gasteiger partial charge in [0.25, 0.3) is 0 Å². The Labute approximate surface area is 156 Å². The molecule has 0 fully saturated rings. The number of benzene rings is 1. The van der Waals surface area contributed by atoms with Crippen molar-refractivity contribution in [3.63, 3.8) is 0 Å². The number of carbonyl (C=O) groups is 1. The summed E-state index contributed by atoms with van der Waals surface area (Å²) in [5, 5.41) is 2.99. The number of fused-ring (bicyclic) bond motifs is 2. The number of carbonyl (C=O) groups excluding carboxylic acids is 1. The molecule has 1 aromatic rings. The standard InChI is InChI=1S/C21H29N3O2/c1-5-26-13(2)22-21(25)15-9-17-16-7-6-8-18-20(16)14(11-23(18)3)10-19(17)24(4)12-15/h6-9,13-15,19H,5,10-12H2,1-4H3,(H,22,25)/t13?,14?,15-,19-/m1/s1. The maximum atomic E-state index is 12.7. The minimum atomic E-state index is -0.251. The Bertz CT molecular complexity index is 745. The third-order valence-electron chi connectivity index (χ3n) is 6.07. The molecule has 5 heteroatoms. The lowest BCUT2D eigenvalue weighted by Crippen LogP contribution is -2.48. The molecule has 1 aliphatic carbocycles. The molecule has 0 spiro atoms. The number of likely N-dealkylation sites (N-methyl/N-ethyl adjacent to an activating group) is 2. The van der Waals surface area contributed by atoms with Crippen LogP contribution in [-0.4, -0.2) is 56.9 Å². The topological polar surface area (TPSA) is 44.8 Å². The van der Waals surface area contributed by atoms with E-state index in [4.69, 9.17) is 4.74 Å². The Morgan fingerprint density at radius 3 is 2.92 bits per heavy atom. The smallest absolute Gasteiger partial charge is 0.230 e. The monoisotopic (exact) mass is 355 g/mol. The number of hydrogen-bond acceptors (Lipinski definition) is 4.